The quantitative estimate of drug-likeness (QED) is 0.0321. The van der Waals surface area contributed by atoms with Crippen molar-refractivity contribution in [1.82, 2.24) is 5.32 Å². The Balaban J connectivity index is 3.55. The number of esters is 1. The van der Waals surface area contributed by atoms with E-state index < -0.39 is 12.1 Å². The van der Waals surface area contributed by atoms with Crippen LogP contribution in [0.2, 0.25) is 0 Å². The van der Waals surface area contributed by atoms with Crippen molar-refractivity contribution in [2.45, 2.75) is 315 Å². The molecule has 0 spiro atoms. The molecule has 0 saturated carbocycles. The normalized spacial score (nSPS) is 12.9. The highest BCUT2D eigenvalue weighted by Gasteiger charge is 2.17. The highest BCUT2D eigenvalue weighted by atomic mass is 16.5. The number of hydrogen-bond donors (Lipinski definition) is 3. The van der Waals surface area contributed by atoms with Crippen LogP contribution in [0.4, 0.5) is 0 Å². The van der Waals surface area contributed by atoms with Gasteiger partial charge in [0.1, 0.15) is 0 Å². The minimum Gasteiger partial charge on any atom is -0.466 e. The molecule has 1 amide bonds. The molecule has 0 rings (SSSR count). The average Bonchev–Trinajstić information content (AvgIpc) is 3.31. The fourth-order valence-electron chi connectivity index (χ4n) is 8.74. The van der Waals surface area contributed by atoms with Crippen molar-refractivity contribution in [2.24, 2.45) is 0 Å². The first-order chi connectivity index (χ1) is 32.0. The van der Waals surface area contributed by atoms with Gasteiger partial charge in [-0.1, -0.05) is 275 Å². The molecule has 2 atom stereocenters. The van der Waals surface area contributed by atoms with E-state index in [-0.39, 0.29) is 18.5 Å². The van der Waals surface area contributed by atoms with Crippen LogP contribution in [0.25, 0.3) is 0 Å². The number of aliphatic hydroxyl groups excluding tert-OH is 2. The lowest BCUT2D eigenvalue weighted by atomic mass is 10.0. The predicted octanol–water partition coefficient (Wildman–Crippen LogP) is 17.6. The summed E-state index contributed by atoms with van der Waals surface area (Å²) in [5.74, 6) is -0.161. The fraction of sp³-hybridized carbons (Fsp3) is 0.864. The Morgan fingerprint density at radius 2 is 0.785 bits per heavy atom. The maximum absolute atomic E-state index is 12.4. The highest BCUT2D eigenvalue weighted by Crippen LogP contribution is 2.17. The molecule has 0 aromatic heterocycles. The lowest BCUT2D eigenvalue weighted by Gasteiger charge is -2.19. The zero-order valence-corrected chi connectivity index (χ0v) is 43.5. The second kappa shape index (κ2) is 54.7. The Morgan fingerprint density at radius 1 is 0.431 bits per heavy atom. The van der Waals surface area contributed by atoms with Crippen molar-refractivity contribution >= 4 is 11.9 Å². The number of ether oxygens (including phenoxy) is 1. The van der Waals surface area contributed by atoms with Crippen LogP contribution in [0.15, 0.2) is 36.5 Å². The SMILES string of the molecule is CCCCCCCCCCCCCCCCCC/C=C/C(O)C(CO)NC(=O)CC/C=C\C/C=C\CCCCCCCCOC(=O)CCCCCCCCCCCCCCCCCCC. The van der Waals surface area contributed by atoms with Gasteiger partial charge in [0.15, 0.2) is 0 Å². The summed E-state index contributed by atoms with van der Waals surface area (Å²) in [5.41, 5.74) is 0. The van der Waals surface area contributed by atoms with Crippen molar-refractivity contribution in [3.63, 3.8) is 0 Å². The number of aliphatic hydroxyl groups is 2. The van der Waals surface area contributed by atoms with E-state index in [4.69, 9.17) is 4.74 Å². The Hall–Kier alpha value is -1.92. The van der Waals surface area contributed by atoms with Gasteiger partial charge in [0.2, 0.25) is 5.91 Å². The molecule has 0 radical (unpaired) electrons. The number of rotatable bonds is 53. The summed E-state index contributed by atoms with van der Waals surface area (Å²) in [6.07, 6.45) is 67.5. The molecule has 6 heteroatoms. The summed E-state index contributed by atoms with van der Waals surface area (Å²) in [5, 5.41) is 23.1. The second-order valence-electron chi connectivity index (χ2n) is 19.6. The number of carbonyl (C=O) groups excluding carboxylic acids is 2. The summed E-state index contributed by atoms with van der Waals surface area (Å²) in [6, 6.07) is -0.672. The number of carbonyl (C=O) groups is 2. The first-order valence-electron chi connectivity index (χ1n) is 28.8. The Bertz CT molecular complexity index is 1060. The molecular formula is C59H111NO5. The molecule has 0 fully saturated rings. The zero-order chi connectivity index (χ0) is 47.2. The number of hydrogen-bond acceptors (Lipinski definition) is 5. The number of nitrogens with one attached hydrogen (secondary N) is 1. The van der Waals surface area contributed by atoms with Gasteiger partial charge in [0, 0.05) is 12.8 Å². The van der Waals surface area contributed by atoms with Crippen molar-refractivity contribution in [2.75, 3.05) is 13.2 Å². The Labute approximate surface area is 404 Å². The molecule has 0 aromatic rings. The van der Waals surface area contributed by atoms with Crippen LogP contribution < -0.4 is 5.32 Å². The van der Waals surface area contributed by atoms with Gasteiger partial charge in [-0.3, -0.25) is 9.59 Å². The highest BCUT2D eigenvalue weighted by molar-refractivity contribution is 5.76. The Kier molecular flexibility index (Phi) is 53.1. The molecule has 0 aromatic carbocycles. The minimum atomic E-state index is -0.879. The number of amides is 1. The van der Waals surface area contributed by atoms with Gasteiger partial charge in [0.05, 0.1) is 25.4 Å². The molecule has 2 unspecified atom stereocenters. The second-order valence-corrected chi connectivity index (χ2v) is 19.6. The van der Waals surface area contributed by atoms with Crippen LogP contribution >= 0.6 is 0 Å². The van der Waals surface area contributed by atoms with Gasteiger partial charge in [0.25, 0.3) is 0 Å². The van der Waals surface area contributed by atoms with Crippen molar-refractivity contribution in [3.05, 3.63) is 36.5 Å². The average molecular weight is 915 g/mol. The number of allylic oxidation sites excluding steroid dienone is 5. The summed E-state index contributed by atoms with van der Waals surface area (Å²) >= 11 is 0. The molecular weight excluding hydrogens is 803 g/mol. The van der Waals surface area contributed by atoms with E-state index in [1.807, 2.05) is 12.2 Å². The van der Waals surface area contributed by atoms with E-state index in [1.54, 1.807) is 6.08 Å². The van der Waals surface area contributed by atoms with Gasteiger partial charge in [-0.25, -0.2) is 0 Å². The van der Waals surface area contributed by atoms with Crippen LogP contribution in [-0.4, -0.2) is 47.4 Å². The molecule has 0 heterocycles. The van der Waals surface area contributed by atoms with Crippen molar-refractivity contribution in [1.29, 1.82) is 0 Å². The summed E-state index contributed by atoms with van der Waals surface area (Å²) in [4.78, 5) is 24.5. The van der Waals surface area contributed by atoms with Gasteiger partial charge >= 0.3 is 5.97 Å². The van der Waals surface area contributed by atoms with Crippen LogP contribution in [0.1, 0.15) is 303 Å². The zero-order valence-electron chi connectivity index (χ0n) is 43.5. The first-order valence-corrected chi connectivity index (χ1v) is 28.8. The summed E-state index contributed by atoms with van der Waals surface area (Å²) in [6.45, 7) is 4.86. The topological polar surface area (TPSA) is 95.9 Å². The van der Waals surface area contributed by atoms with E-state index in [0.29, 0.717) is 25.9 Å². The third-order valence-corrected chi connectivity index (χ3v) is 13.2. The van der Waals surface area contributed by atoms with Crippen LogP contribution in [0.5, 0.6) is 0 Å². The predicted molar refractivity (Wildman–Crippen MR) is 283 cm³/mol. The van der Waals surface area contributed by atoms with Gasteiger partial charge in [-0.2, -0.15) is 0 Å². The maximum atomic E-state index is 12.4. The lowest BCUT2D eigenvalue weighted by Crippen LogP contribution is -2.45. The minimum absolute atomic E-state index is 0.0145. The molecule has 65 heavy (non-hydrogen) atoms. The summed E-state index contributed by atoms with van der Waals surface area (Å²) in [7, 11) is 0. The van der Waals surface area contributed by atoms with Gasteiger partial charge in [-0.15, -0.1) is 0 Å². The van der Waals surface area contributed by atoms with Gasteiger partial charge in [-0.05, 0) is 51.4 Å². The van der Waals surface area contributed by atoms with Crippen LogP contribution in [-0.2, 0) is 14.3 Å². The third kappa shape index (κ3) is 51.3. The van der Waals surface area contributed by atoms with Crippen molar-refractivity contribution < 1.29 is 24.5 Å². The molecule has 3 N–H and O–H groups in total. The first kappa shape index (κ1) is 63.1. The molecule has 0 saturated heterocycles. The lowest BCUT2D eigenvalue weighted by molar-refractivity contribution is -0.143. The van der Waals surface area contributed by atoms with E-state index >= 15 is 0 Å². The maximum Gasteiger partial charge on any atom is 0.305 e. The number of unbranched alkanes of at least 4 members (excludes halogenated alkanes) is 38. The van der Waals surface area contributed by atoms with Crippen LogP contribution in [0, 0.1) is 0 Å². The van der Waals surface area contributed by atoms with E-state index in [1.165, 1.54) is 218 Å². The molecule has 0 aliphatic rings. The molecule has 0 bridgehead atoms. The van der Waals surface area contributed by atoms with E-state index in [0.717, 1.165) is 51.4 Å². The summed E-state index contributed by atoms with van der Waals surface area (Å²) < 4.78 is 5.47. The standard InChI is InChI=1S/C59H111NO5/c1-3-5-7-9-11-13-15-17-19-21-23-24-27-31-35-39-43-47-51-57(62)56(55-61)60-58(63)52-48-44-40-36-32-28-26-30-34-38-42-46-50-54-65-59(64)53-49-45-41-37-33-29-25-22-20-18-16-14-12-10-8-6-4-2/h28,32,40,44,47,51,56-57,61-62H,3-27,29-31,33-39,41-43,45-46,48-50,52-55H2,1-2H3,(H,60,63)/b32-28-,44-40-,51-47+. The Morgan fingerprint density at radius 3 is 1.20 bits per heavy atom. The van der Waals surface area contributed by atoms with Gasteiger partial charge < -0.3 is 20.3 Å². The molecule has 382 valence electrons. The van der Waals surface area contributed by atoms with E-state index in [2.05, 4.69) is 37.4 Å². The molecule has 0 aliphatic heterocycles. The molecule has 6 nitrogen and oxygen atoms in total. The molecule has 0 aliphatic carbocycles. The van der Waals surface area contributed by atoms with Crippen LogP contribution in [0.3, 0.4) is 0 Å². The van der Waals surface area contributed by atoms with E-state index in [9.17, 15) is 19.8 Å². The monoisotopic (exact) mass is 914 g/mol. The van der Waals surface area contributed by atoms with Crippen molar-refractivity contribution in [3.8, 4) is 0 Å². The smallest absolute Gasteiger partial charge is 0.305 e. The third-order valence-electron chi connectivity index (χ3n) is 13.2. The largest absolute Gasteiger partial charge is 0.466 e. The fourth-order valence-corrected chi connectivity index (χ4v) is 8.74.